The van der Waals surface area contributed by atoms with Crippen LogP contribution in [0, 0.1) is 5.92 Å². The summed E-state index contributed by atoms with van der Waals surface area (Å²) >= 11 is 0. The second-order valence-electron chi connectivity index (χ2n) is 2.35. The molecular formula is C6H16N2. The van der Waals surface area contributed by atoms with E-state index in [4.69, 9.17) is 0 Å². The largest absolute Gasteiger partial charge is 0.372 e. The van der Waals surface area contributed by atoms with Crippen LogP contribution in [0.15, 0.2) is 4.99 Å². The van der Waals surface area contributed by atoms with E-state index in [1.165, 1.54) is 5.84 Å². The number of aliphatic imine (C=N–C) groups is 1. The predicted octanol–water partition coefficient (Wildman–Crippen LogP) is 1.14. The molecule has 0 spiro atoms. The van der Waals surface area contributed by atoms with Crippen LogP contribution in [0.1, 0.15) is 16.7 Å². The van der Waals surface area contributed by atoms with Gasteiger partial charge in [-0.05, 0) is 0 Å². The molecule has 0 aromatic heterocycles. The third-order valence-electron chi connectivity index (χ3n) is 1.25. The Morgan fingerprint density at radius 2 is 2.50 bits per heavy atom. The van der Waals surface area contributed by atoms with Crippen LogP contribution in [0.5, 0.6) is 0 Å². The second kappa shape index (κ2) is 2.16. The normalized spacial score (nSPS) is 18.6. The van der Waals surface area contributed by atoms with Crippen LogP contribution in [0.25, 0.3) is 0 Å². The predicted molar refractivity (Wildman–Crippen MR) is 39.4 cm³/mol. The summed E-state index contributed by atoms with van der Waals surface area (Å²) in [5.74, 6) is 1.75. The number of hydrogen-bond donors (Lipinski definition) is 1. The number of hydrogen-bond acceptors (Lipinski definition) is 2. The minimum atomic E-state index is 0. The summed E-state index contributed by atoms with van der Waals surface area (Å²) in [7, 11) is 0. The lowest BCUT2D eigenvalue weighted by Gasteiger charge is -2.02. The van der Waals surface area contributed by atoms with Gasteiger partial charge in [-0.3, -0.25) is 4.99 Å². The maximum Gasteiger partial charge on any atom is 0.0990 e. The molecule has 0 saturated heterocycles. The molecule has 0 amide bonds. The minimum Gasteiger partial charge on any atom is -0.372 e. The van der Waals surface area contributed by atoms with Gasteiger partial charge in [-0.15, -0.1) is 0 Å². The van der Waals surface area contributed by atoms with Gasteiger partial charge in [0.05, 0.1) is 12.4 Å². The highest BCUT2D eigenvalue weighted by Gasteiger charge is 2.06. The highest BCUT2D eigenvalue weighted by atomic mass is 15.1. The first kappa shape index (κ1) is 5.60. The zero-order chi connectivity index (χ0) is 5.98. The number of amidine groups is 1. The molecule has 0 fully saturated rings. The van der Waals surface area contributed by atoms with E-state index in [1.807, 2.05) is 0 Å². The molecule has 0 aromatic rings. The Bertz CT molecular complexity index is 112. The van der Waals surface area contributed by atoms with E-state index >= 15 is 0 Å². The van der Waals surface area contributed by atoms with Crippen molar-refractivity contribution in [2.75, 3.05) is 13.1 Å². The average molecular weight is 116 g/mol. The smallest absolute Gasteiger partial charge is 0.0990 e. The van der Waals surface area contributed by atoms with Crippen LogP contribution in [0.2, 0.25) is 0 Å². The van der Waals surface area contributed by atoms with Gasteiger partial charge in [0.2, 0.25) is 0 Å². The molecule has 0 bridgehead atoms. The van der Waals surface area contributed by atoms with Crippen LogP contribution in [-0.2, 0) is 0 Å². The van der Waals surface area contributed by atoms with Crippen molar-refractivity contribution < 1.29 is 2.85 Å². The summed E-state index contributed by atoms with van der Waals surface area (Å²) in [5, 5.41) is 3.21. The molecule has 8 heavy (non-hydrogen) atoms. The van der Waals surface area contributed by atoms with E-state index in [9.17, 15) is 0 Å². The van der Waals surface area contributed by atoms with Crippen LogP contribution in [0.3, 0.4) is 0 Å². The Balaban J connectivity index is 0. The third kappa shape index (κ3) is 0.997. The van der Waals surface area contributed by atoms with Gasteiger partial charge in [0.15, 0.2) is 0 Å². The molecule has 0 radical (unpaired) electrons. The van der Waals surface area contributed by atoms with Gasteiger partial charge in [0.1, 0.15) is 0 Å². The molecule has 1 heterocycles. The molecule has 0 aromatic carbocycles. The van der Waals surface area contributed by atoms with Crippen molar-refractivity contribution in [3.05, 3.63) is 0 Å². The van der Waals surface area contributed by atoms with Crippen molar-refractivity contribution in [1.82, 2.24) is 5.32 Å². The summed E-state index contributed by atoms with van der Waals surface area (Å²) in [6.45, 7) is 6.30. The lowest BCUT2D eigenvalue weighted by atomic mass is 10.2. The molecule has 2 heteroatoms. The maximum absolute atomic E-state index is 4.24. The van der Waals surface area contributed by atoms with Gasteiger partial charge in [0, 0.05) is 15.3 Å². The Labute approximate surface area is 53.0 Å². The summed E-state index contributed by atoms with van der Waals surface area (Å²) in [6, 6.07) is 0. The van der Waals surface area contributed by atoms with Gasteiger partial charge < -0.3 is 5.32 Å². The van der Waals surface area contributed by atoms with Crippen molar-refractivity contribution in [2.24, 2.45) is 10.9 Å². The zero-order valence-corrected chi connectivity index (χ0v) is 5.44. The highest BCUT2D eigenvalue weighted by molar-refractivity contribution is 5.85. The maximum atomic E-state index is 4.24. The lowest BCUT2D eigenvalue weighted by Crippen LogP contribution is -2.23. The van der Waals surface area contributed by atoms with Gasteiger partial charge in [-0.2, -0.15) is 0 Å². The van der Waals surface area contributed by atoms with Gasteiger partial charge in [-0.25, -0.2) is 0 Å². The van der Waals surface area contributed by atoms with Crippen LogP contribution < -0.4 is 5.32 Å². The van der Waals surface area contributed by atoms with Gasteiger partial charge >= 0.3 is 0 Å². The molecule has 1 rings (SSSR count). The summed E-state index contributed by atoms with van der Waals surface area (Å²) in [5.41, 5.74) is 0. The van der Waals surface area contributed by atoms with E-state index < -0.39 is 0 Å². The van der Waals surface area contributed by atoms with Gasteiger partial charge in [-0.1, -0.05) is 13.8 Å². The van der Waals surface area contributed by atoms with Crippen LogP contribution >= 0.6 is 0 Å². The van der Waals surface area contributed by atoms with E-state index in [1.54, 1.807) is 0 Å². The average Bonchev–Trinajstić information content (AvgIpc) is 2.12. The monoisotopic (exact) mass is 116 g/mol. The van der Waals surface area contributed by atoms with Crippen LogP contribution in [-0.4, -0.2) is 18.9 Å². The Morgan fingerprint density at radius 3 is 2.75 bits per heavy atom. The molecule has 0 unspecified atom stereocenters. The molecule has 1 N–H and O–H groups in total. The molecule has 1 aliphatic rings. The quantitative estimate of drug-likeness (QED) is 0.545. The fourth-order valence-electron chi connectivity index (χ4n) is 0.803. The van der Waals surface area contributed by atoms with Crippen molar-refractivity contribution in [1.29, 1.82) is 0 Å². The number of nitrogens with zero attached hydrogens (tertiary/aromatic N) is 1. The lowest BCUT2D eigenvalue weighted by molar-refractivity contribution is 0.838. The molecule has 0 saturated carbocycles. The Morgan fingerprint density at radius 1 is 1.75 bits per heavy atom. The molecule has 2 nitrogen and oxygen atoms in total. The van der Waals surface area contributed by atoms with Crippen LogP contribution in [0.4, 0.5) is 0 Å². The second-order valence-corrected chi connectivity index (χ2v) is 2.35. The molecule has 0 atom stereocenters. The van der Waals surface area contributed by atoms with Gasteiger partial charge in [0.25, 0.3) is 0 Å². The zero-order valence-electron chi connectivity index (χ0n) is 5.44. The third-order valence-corrected chi connectivity index (χ3v) is 1.25. The molecule has 50 valence electrons. The summed E-state index contributed by atoms with van der Waals surface area (Å²) in [4.78, 5) is 4.24. The van der Waals surface area contributed by atoms with E-state index in [2.05, 4.69) is 24.2 Å². The summed E-state index contributed by atoms with van der Waals surface area (Å²) < 4.78 is 0. The van der Waals surface area contributed by atoms with Crippen molar-refractivity contribution in [3.63, 3.8) is 0 Å². The SMILES string of the molecule is CC(C)C1=NCCN1.[HH].[HH]. The summed E-state index contributed by atoms with van der Waals surface area (Å²) in [6.07, 6.45) is 0. The van der Waals surface area contributed by atoms with Crippen molar-refractivity contribution in [3.8, 4) is 0 Å². The first-order chi connectivity index (χ1) is 3.80. The Kier molecular flexibility index (Phi) is 1.51. The minimum absolute atomic E-state index is 0. The fraction of sp³-hybridized carbons (Fsp3) is 0.833. The standard InChI is InChI=1S/C6H12N2.2H2/c1-5(2)6-7-3-4-8-6;;/h5H,3-4H2,1-2H3,(H,7,8);2*1H. The molecule has 1 aliphatic heterocycles. The van der Waals surface area contributed by atoms with Crippen molar-refractivity contribution >= 4 is 5.84 Å². The topological polar surface area (TPSA) is 24.4 Å². The van der Waals surface area contributed by atoms with E-state index in [0.717, 1.165) is 13.1 Å². The fourth-order valence-corrected chi connectivity index (χ4v) is 0.803. The van der Waals surface area contributed by atoms with E-state index in [0.29, 0.717) is 5.92 Å². The number of rotatable bonds is 1. The molecular weight excluding hydrogens is 100 g/mol. The Hall–Kier alpha value is -0.530. The molecule has 0 aliphatic carbocycles. The van der Waals surface area contributed by atoms with E-state index in [-0.39, 0.29) is 2.85 Å². The highest BCUT2D eigenvalue weighted by Crippen LogP contribution is 1.97. The first-order valence-electron chi connectivity index (χ1n) is 3.09. The first-order valence-corrected chi connectivity index (χ1v) is 3.09. The number of nitrogens with one attached hydrogen (secondary N) is 1. The van der Waals surface area contributed by atoms with Crippen molar-refractivity contribution in [2.45, 2.75) is 13.8 Å².